The number of nitrogens with two attached hydrogens (primary N) is 1. The maximum atomic E-state index is 10.6. The molecule has 0 aliphatic carbocycles. The van der Waals surface area contributed by atoms with Crippen LogP contribution in [0, 0.1) is 11.3 Å². The van der Waals surface area contributed by atoms with Gasteiger partial charge in [0.05, 0.1) is 0 Å². The maximum absolute atomic E-state index is 10.6. The van der Waals surface area contributed by atoms with Crippen LogP contribution in [0.25, 0.3) is 0 Å². The van der Waals surface area contributed by atoms with Crippen LogP contribution >= 0.6 is 11.3 Å². The summed E-state index contributed by atoms with van der Waals surface area (Å²) in [5.41, 5.74) is 5.93. The van der Waals surface area contributed by atoms with Crippen molar-refractivity contribution in [1.29, 1.82) is 5.26 Å². The normalized spacial score (nSPS) is 9.75. The van der Waals surface area contributed by atoms with E-state index in [0.717, 1.165) is 10.6 Å². The zero-order valence-electron chi connectivity index (χ0n) is 10.6. The molecule has 2 rings (SSSR count). The van der Waals surface area contributed by atoms with Crippen molar-refractivity contribution in [2.45, 2.75) is 6.54 Å². The Kier molecular flexibility index (Phi) is 4.58. The molecule has 102 valence electrons. The van der Waals surface area contributed by atoms with Gasteiger partial charge in [-0.3, -0.25) is 4.79 Å². The highest BCUT2D eigenvalue weighted by Crippen LogP contribution is 2.19. The van der Waals surface area contributed by atoms with Gasteiger partial charge in [0.15, 0.2) is 6.61 Å². The van der Waals surface area contributed by atoms with Crippen molar-refractivity contribution in [3.63, 3.8) is 0 Å². The minimum atomic E-state index is -0.502. The minimum Gasteiger partial charge on any atom is -0.484 e. The van der Waals surface area contributed by atoms with Crippen LogP contribution in [0.2, 0.25) is 0 Å². The van der Waals surface area contributed by atoms with Gasteiger partial charge in [0.1, 0.15) is 16.7 Å². The van der Waals surface area contributed by atoms with E-state index in [2.05, 4.69) is 11.4 Å². The molecule has 0 saturated carbocycles. The van der Waals surface area contributed by atoms with E-state index in [0.29, 0.717) is 17.2 Å². The minimum absolute atomic E-state index is 0.126. The number of ether oxygens (including phenoxy) is 1. The number of benzene rings is 1. The largest absolute Gasteiger partial charge is 0.484 e. The first kappa shape index (κ1) is 13.9. The number of nitrogens with one attached hydrogen (secondary N) is 1. The summed E-state index contributed by atoms with van der Waals surface area (Å²) in [5, 5.41) is 12.0. The summed E-state index contributed by atoms with van der Waals surface area (Å²) < 4.78 is 5.17. The molecule has 1 aromatic heterocycles. The lowest BCUT2D eigenvalue weighted by atomic mass is 10.3. The Morgan fingerprint density at radius 2 is 2.05 bits per heavy atom. The highest BCUT2D eigenvalue weighted by molar-refractivity contribution is 7.12. The molecule has 0 unspecified atom stereocenters. The fraction of sp³-hybridized carbons (Fsp3) is 0.143. The van der Waals surface area contributed by atoms with Gasteiger partial charge in [-0.25, -0.2) is 0 Å². The van der Waals surface area contributed by atoms with Crippen molar-refractivity contribution in [1.82, 2.24) is 0 Å². The number of rotatable bonds is 6. The quantitative estimate of drug-likeness (QED) is 0.851. The number of primary amides is 1. The molecular formula is C14H13N3O2S. The van der Waals surface area contributed by atoms with E-state index >= 15 is 0 Å². The first-order valence-corrected chi connectivity index (χ1v) is 6.73. The summed E-state index contributed by atoms with van der Waals surface area (Å²) in [6.07, 6.45) is 0. The lowest BCUT2D eigenvalue weighted by Crippen LogP contribution is -2.19. The van der Waals surface area contributed by atoms with Gasteiger partial charge in [-0.15, -0.1) is 11.3 Å². The van der Waals surface area contributed by atoms with Crippen molar-refractivity contribution in [2.24, 2.45) is 5.73 Å². The van der Waals surface area contributed by atoms with Crippen molar-refractivity contribution in [2.75, 3.05) is 11.9 Å². The first-order chi connectivity index (χ1) is 9.67. The fourth-order valence-corrected chi connectivity index (χ4v) is 2.29. The standard InChI is InChI=1S/C14H13N3O2S/c15-7-12-5-6-13(20-12)8-17-10-1-3-11(4-2-10)19-9-14(16)18/h1-6,17H,8-9H2,(H2,16,18). The Balaban J connectivity index is 1.87. The molecular weight excluding hydrogens is 274 g/mol. The molecule has 20 heavy (non-hydrogen) atoms. The molecule has 3 N–H and O–H groups in total. The van der Waals surface area contributed by atoms with Gasteiger partial charge in [0.25, 0.3) is 5.91 Å². The highest BCUT2D eigenvalue weighted by Gasteiger charge is 2.00. The predicted molar refractivity (Wildman–Crippen MR) is 77.5 cm³/mol. The van der Waals surface area contributed by atoms with E-state index in [4.69, 9.17) is 15.7 Å². The van der Waals surface area contributed by atoms with Gasteiger partial charge in [-0.2, -0.15) is 5.26 Å². The molecule has 0 radical (unpaired) electrons. The molecule has 2 aromatic rings. The molecule has 0 saturated heterocycles. The maximum Gasteiger partial charge on any atom is 0.255 e. The highest BCUT2D eigenvalue weighted by atomic mass is 32.1. The topological polar surface area (TPSA) is 88.1 Å². The molecule has 0 aliphatic heterocycles. The first-order valence-electron chi connectivity index (χ1n) is 5.91. The van der Waals surface area contributed by atoms with Crippen LogP contribution in [0.15, 0.2) is 36.4 Å². The number of amides is 1. The van der Waals surface area contributed by atoms with E-state index in [1.807, 2.05) is 24.3 Å². The molecule has 6 heteroatoms. The molecule has 0 bridgehead atoms. The van der Waals surface area contributed by atoms with Crippen molar-refractivity contribution in [3.05, 3.63) is 46.2 Å². The Morgan fingerprint density at radius 1 is 1.30 bits per heavy atom. The lowest BCUT2D eigenvalue weighted by Gasteiger charge is -2.07. The van der Waals surface area contributed by atoms with Gasteiger partial charge in [0.2, 0.25) is 0 Å². The smallest absolute Gasteiger partial charge is 0.255 e. The fourth-order valence-electron chi connectivity index (χ4n) is 1.55. The van der Waals surface area contributed by atoms with Gasteiger partial charge in [0, 0.05) is 17.1 Å². The molecule has 1 heterocycles. The van der Waals surface area contributed by atoms with Crippen molar-refractivity contribution in [3.8, 4) is 11.8 Å². The van der Waals surface area contributed by atoms with Crippen molar-refractivity contribution < 1.29 is 9.53 Å². The second kappa shape index (κ2) is 6.59. The van der Waals surface area contributed by atoms with Gasteiger partial charge < -0.3 is 15.8 Å². The Labute approximate surface area is 120 Å². The van der Waals surface area contributed by atoms with Crippen LogP contribution < -0.4 is 15.8 Å². The van der Waals surface area contributed by atoms with Gasteiger partial charge >= 0.3 is 0 Å². The van der Waals surface area contributed by atoms with Gasteiger partial charge in [-0.05, 0) is 36.4 Å². The summed E-state index contributed by atoms with van der Waals surface area (Å²) in [5.74, 6) is 0.0930. The number of nitriles is 1. The van der Waals surface area contributed by atoms with Crippen LogP contribution in [-0.2, 0) is 11.3 Å². The molecule has 0 aliphatic rings. The summed E-state index contributed by atoms with van der Waals surface area (Å²) in [6.45, 7) is 0.534. The van der Waals surface area contributed by atoms with E-state index < -0.39 is 5.91 Å². The number of nitrogens with zero attached hydrogens (tertiary/aromatic N) is 1. The second-order valence-electron chi connectivity index (χ2n) is 4.01. The SMILES string of the molecule is N#Cc1ccc(CNc2ccc(OCC(N)=O)cc2)s1. The number of hydrogen-bond donors (Lipinski definition) is 2. The third-order valence-corrected chi connectivity index (χ3v) is 3.46. The van der Waals surface area contributed by atoms with Crippen molar-refractivity contribution >= 4 is 22.9 Å². The Hall–Kier alpha value is -2.52. The molecule has 0 spiro atoms. The molecule has 0 fully saturated rings. The van der Waals surface area contributed by atoms with Crippen LogP contribution in [-0.4, -0.2) is 12.5 Å². The zero-order chi connectivity index (χ0) is 14.4. The summed E-state index contributed by atoms with van der Waals surface area (Å²) in [7, 11) is 0. The summed E-state index contributed by atoms with van der Waals surface area (Å²) >= 11 is 1.47. The van der Waals surface area contributed by atoms with E-state index in [1.165, 1.54) is 11.3 Å². The van der Waals surface area contributed by atoms with Crippen LogP contribution in [0.4, 0.5) is 5.69 Å². The zero-order valence-corrected chi connectivity index (χ0v) is 11.4. The summed E-state index contributed by atoms with van der Waals surface area (Å²) in [6, 6.07) is 13.1. The van der Waals surface area contributed by atoms with E-state index in [1.54, 1.807) is 12.1 Å². The average molecular weight is 287 g/mol. The monoisotopic (exact) mass is 287 g/mol. The lowest BCUT2D eigenvalue weighted by molar-refractivity contribution is -0.119. The number of hydrogen-bond acceptors (Lipinski definition) is 5. The van der Waals surface area contributed by atoms with Crippen LogP contribution in [0.5, 0.6) is 5.75 Å². The third kappa shape index (κ3) is 4.00. The molecule has 1 amide bonds. The summed E-state index contributed by atoms with van der Waals surface area (Å²) in [4.78, 5) is 12.4. The van der Waals surface area contributed by atoms with Crippen LogP contribution in [0.1, 0.15) is 9.75 Å². The number of thiophene rings is 1. The molecule has 5 nitrogen and oxygen atoms in total. The Bertz CT molecular complexity index is 629. The number of anilines is 1. The number of carbonyl (C=O) groups is 1. The Morgan fingerprint density at radius 3 is 2.65 bits per heavy atom. The van der Waals surface area contributed by atoms with Crippen LogP contribution in [0.3, 0.4) is 0 Å². The molecule has 0 atom stereocenters. The second-order valence-corrected chi connectivity index (χ2v) is 5.18. The van der Waals surface area contributed by atoms with Gasteiger partial charge in [-0.1, -0.05) is 0 Å². The predicted octanol–water partition coefficient (Wildman–Crippen LogP) is 2.10. The third-order valence-electron chi connectivity index (χ3n) is 2.47. The number of carbonyl (C=O) groups excluding carboxylic acids is 1. The average Bonchev–Trinajstić information content (AvgIpc) is 2.92. The molecule has 1 aromatic carbocycles. The van der Waals surface area contributed by atoms with E-state index in [-0.39, 0.29) is 6.61 Å². The van der Waals surface area contributed by atoms with E-state index in [9.17, 15) is 4.79 Å².